The van der Waals surface area contributed by atoms with E-state index in [-0.39, 0.29) is 5.24 Å². The molecule has 0 aliphatic carbocycles. The van der Waals surface area contributed by atoms with Crippen molar-refractivity contribution in [3.8, 4) is 0 Å². The van der Waals surface area contributed by atoms with Crippen LogP contribution in [0.2, 0.25) is 0 Å². The molecular weight excluding hydrogens is 134 g/mol. The van der Waals surface area contributed by atoms with Crippen LogP contribution in [-0.4, -0.2) is 29.1 Å². The molecule has 0 unspecified atom stereocenters. The molecule has 54 valence electrons. The summed E-state index contributed by atoms with van der Waals surface area (Å²) < 4.78 is 0. The molecule has 0 saturated heterocycles. The standard InChI is InChI=1S/C6H13NOS/c1-4-7(5-2)6(8)9-3/h9H,3-5H2,1-2H3. The zero-order chi connectivity index (χ0) is 7.28. The third-order valence-electron chi connectivity index (χ3n) is 1.17. The summed E-state index contributed by atoms with van der Waals surface area (Å²) in [5, 5.41) is 0.111. The third kappa shape index (κ3) is 2.65. The number of hydrogen-bond donors (Lipinski definition) is 1. The van der Waals surface area contributed by atoms with Crippen LogP contribution < -0.4 is 0 Å². The van der Waals surface area contributed by atoms with Crippen molar-refractivity contribution in [3.05, 3.63) is 0 Å². The predicted octanol–water partition coefficient (Wildman–Crippen LogP) is 1.35. The highest BCUT2D eigenvalue weighted by molar-refractivity contribution is 8.10. The molecule has 0 aliphatic rings. The van der Waals surface area contributed by atoms with Crippen molar-refractivity contribution in [2.45, 2.75) is 13.8 Å². The number of carbonyl (C=O) groups is 1. The molecular formula is C6H13NOS. The van der Waals surface area contributed by atoms with Crippen molar-refractivity contribution >= 4 is 22.5 Å². The number of amides is 1. The summed E-state index contributed by atoms with van der Waals surface area (Å²) in [6.45, 7) is 5.51. The fourth-order valence-corrected chi connectivity index (χ4v) is 1.08. The van der Waals surface area contributed by atoms with Gasteiger partial charge in [-0.3, -0.25) is 4.79 Å². The van der Waals surface area contributed by atoms with E-state index in [0.717, 1.165) is 13.1 Å². The summed E-state index contributed by atoms with van der Waals surface area (Å²) >= 11 is 0.591. The highest BCUT2D eigenvalue weighted by atomic mass is 32.1. The van der Waals surface area contributed by atoms with Crippen molar-refractivity contribution in [2.75, 3.05) is 13.1 Å². The first-order valence-corrected chi connectivity index (χ1v) is 4.09. The van der Waals surface area contributed by atoms with Crippen molar-refractivity contribution in [1.29, 1.82) is 0 Å². The van der Waals surface area contributed by atoms with Crippen LogP contribution >= 0.6 is 11.4 Å². The van der Waals surface area contributed by atoms with Gasteiger partial charge in [-0.25, -0.2) is 0 Å². The Morgan fingerprint density at radius 1 is 1.56 bits per heavy atom. The molecule has 0 heterocycles. The molecule has 0 aliphatic heterocycles. The zero-order valence-electron chi connectivity index (χ0n) is 5.92. The molecule has 0 radical (unpaired) electrons. The molecule has 0 N–H and O–H groups in total. The van der Waals surface area contributed by atoms with Crippen LogP contribution in [0.15, 0.2) is 0 Å². The minimum Gasteiger partial charge on any atom is -0.335 e. The van der Waals surface area contributed by atoms with Gasteiger partial charge in [-0.1, -0.05) is 5.87 Å². The quantitative estimate of drug-likeness (QED) is 0.462. The van der Waals surface area contributed by atoms with Crippen molar-refractivity contribution in [2.24, 2.45) is 0 Å². The highest BCUT2D eigenvalue weighted by Gasteiger charge is 2.01. The summed E-state index contributed by atoms with van der Waals surface area (Å²) in [6, 6.07) is 0. The van der Waals surface area contributed by atoms with Gasteiger partial charge in [-0.05, 0) is 13.8 Å². The first-order valence-electron chi connectivity index (χ1n) is 3.01. The lowest BCUT2D eigenvalue weighted by atomic mass is 10.6. The van der Waals surface area contributed by atoms with Crippen molar-refractivity contribution in [3.63, 3.8) is 0 Å². The summed E-state index contributed by atoms with van der Waals surface area (Å²) in [4.78, 5) is 12.6. The summed E-state index contributed by atoms with van der Waals surface area (Å²) in [6.07, 6.45) is 0. The summed E-state index contributed by atoms with van der Waals surface area (Å²) in [5.41, 5.74) is 0. The van der Waals surface area contributed by atoms with Gasteiger partial charge in [0.25, 0.3) is 5.24 Å². The first-order chi connectivity index (χ1) is 4.26. The first kappa shape index (κ1) is 8.69. The Morgan fingerprint density at radius 2 is 2.00 bits per heavy atom. The van der Waals surface area contributed by atoms with Crippen LogP contribution in [-0.2, 0) is 0 Å². The largest absolute Gasteiger partial charge is 0.335 e. The van der Waals surface area contributed by atoms with Crippen LogP contribution in [0.5, 0.6) is 0 Å². The van der Waals surface area contributed by atoms with E-state index in [1.54, 1.807) is 4.90 Å². The Bertz CT molecular complexity index is 110. The Balaban J connectivity index is 3.78. The number of rotatable bonds is 2. The number of carbonyl (C=O) groups excluding carboxylic acids is 1. The fraction of sp³-hybridized carbons (Fsp3) is 0.667. The van der Waals surface area contributed by atoms with E-state index >= 15 is 0 Å². The smallest absolute Gasteiger partial charge is 0.272 e. The molecule has 0 aromatic carbocycles. The predicted molar refractivity (Wildman–Crippen MR) is 44.4 cm³/mol. The van der Waals surface area contributed by atoms with Gasteiger partial charge in [0.1, 0.15) is 0 Å². The number of nitrogens with zero attached hydrogens (tertiary/aromatic N) is 1. The van der Waals surface area contributed by atoms with Gasteiger partial charge >= 0.3 is 0 Å². The second kappa shape index (κ2) is 4.56. The van der Waals surface area contributed by atoms with Crippen LogP contribution in [0.25, 0.3) is 0 Å². The Kier molecular flexibility index (Phi) is 4.40. The Labute approximate surface area is 59.8 Å². The fourth-order valence-electron chi connectivity index (χ4n) is 0.594. The summed E-state index contributed by atoms with van der Waals surface area (Å²) in [5.74, 6) is 3.48. The van der Waals surface area contributed by atoms with Crippen LogP contribution in [0, 0.1) is 0 Å². The van der Waals surface area contributed by atoms with Gasteiger partial charge < -0.3 is 4.90 Å². The lowest BCUT2D eigenvalue weighted by molar-refractivity contribution is 0.229. The van der Waals surface area contributed by atoms with Crippen LogP contribution in [0.3, 0.4) is 0 Å². The van der Waals surface area contributed by atoms with Crippen LogP contribution in [0.1, 0.15) is 13.8 Å². The molecule has 3 heteroatoms. The molecule has 0 aromatic rings. The van der Waals surface area contributed by atoms with E-state index in [9.17, 15) is 4.79 Å². The van der Waals surface area contributed by atoms with E-state index in [1.165, 1.54) is 0 Å². The van der Waals surface area contributed by atoms with E-state index in [4.69, 9.17) is 0 Å². The van der Waals surface area contributed by atoms with Gasteiger partial charge in [-0.2, -0.15) is 0 Å². The van der Waals surface area contributed by atoms with Crippen molar-refractivity contribution in [1.82, 2.24) is 4.90 Å². The van der Waals surface area contributed by atoms with Gasteiger partial charge in [0.05, 0.1) is 0 Å². The van der Waals surface area contributed by atoms with Gasteiger partial charge in [-0.15, -0.1) is 11.4 Å². The van der Waals surface area contributed by atoms with Crippen LogP contribution in [0.4, 0.5) is 4.79 Å². The number of thiol groups is 1. The molecule has 0 saturated carbocycles. The van der Waals surface area contributed by atoms with E-state index in [2.05, 4.69) is 5.87 Å². The molecule has 0 bridgehead atoms. The zero-order valence-corrected chi connectivity index (χ0v) is 6.82. The van der Waals surface area contributed by atoms with E-state index in [0.29, 0.717) is 11.4 Å². The van der Waals surface area contributed by atoms with E-state index in [1.807, 2.05) is 13.8 Å². The maximum absolute atomic E-state index is 10.8. The average molecular weight is 147 g/mol. The topological polar surface area (TPSA) is 20.3 Å². The minimum absolute atomic E-state index is 0.111. The minimum atomic E-state index is 0.111. The molecule has 0 atom stereocenters. The van der Waals surface area contributed by atoms with E-state index < -0.39 is 0 Å². The number of hydrogen-bond acceptors (Lipinski definition) is 1. The van der Waals surface area contributed by atoms with Gasteiger partial charge in [0.15, 0.2) is 0 Å². The van der Waals surface area contributed by atoms with Crippen molar-refractivity contribution < 1.29 is 4.79 Å². The molecule has 0 spiro atoms. The molecule has 0 aromatic heterocycles. The third-order valence-corrected chi connectivity index (χ3v) is 1.72. The monoisotopic (exact) mass is 147 g/mol. The SMILES string of the molecule is C=[SH]C(=O)N(CC)CC. The van der Waals surface area contributed by atoms with Gasteiger partial charge in [0.2, 0.25) is 0 Å². The Hall–Kier alpha value is -0.310. The molecule has 9 heavy (non-hydrogen) atoms. The lowest BCUT2D eigenvalue weighted by Crippen LogP contribution is -2.25. The second-order valence-electron chi connectivity index (χ2n) is 1.61. The van der Waals surface area contributed by atoms with Gasteiger partial charge in [0, 0.05) is 13.1 Å². The molecule has 2 nitrogen and oxygen atoms in total. The maximum atomic E-state index is 10.8. The summed E-state index contributed by atoms with van der Waals surface area (Å²) in [7, 11) is 0. The maximum Gasteiger partial charge on any atom is 0.272 e. The molecule has 1 amide bonds. The Morgan fingerprint density at radius 3 is 2.11 bits per heavy atom. The highest BCUT2D eigenvalue weighted by Crippen LogP contribution is 1.96. The average Bonchev–Trinajstić information content (AvgIpc) is 1.90. The normalized spacial score (nSPS) is 9.11. The lowest BCUT2D eigenvalue weighted by Gasteiger charge is -2.15. The molecule has 0 rings (SSSR count). The second-order valence-corrected chi connectivity index (χ2v) is 2.31. The molecule has 0 fully saturated rings.